The maximum absolute atomic E-state index is 12.2. The molecular weight excluding hydrogens is 366 g/mol. The Kier molecular flexibility index (Phi) is 11.0. The van der Waals surface area contributed by atoms with E-state index >= 15 is 0 Å². The van der Waals surface area contributed by atoms with Crippen molar-refractivity contribution >= 4 is 29.4 Å². The Bertz CT molecular complexity index is 495. The number of unbranched alkanes of at least 4 members (excludes halogenated alkanes) is 3. The first-order valence-electron chi connectivity index (χ1n) is 10.0. The van der Waals surface area contributed by atoms with Gasteiger partial charge < -0.3 is 14.7 Å². The Hall–Kier alpha value is -1.08. The number of methoxy groups -OCH3 is 1. The third-order valence-electron chi connectivity index (χ3n) is 4.84. The number of hydrogen-bond donors (Lipinski definition) is 1. The predicted molar refractivity (Wildman–Crippen MR) is 107 cm³/mol. The molecule has 6 nitrogen and oxygen atoms in total. The van der Waals surface area contributed by atoms with E-state index in [-0.39, 0.29) is 29.6 Å². The molecule has 1 aliphatic rings. The number of Topliss-reactive ketones (excluding diaryl/α,β-unsaturated/α-hetero) is 1. The first kappa shape index (κ1) is 24.0. The normalized spacial score (nSPS) is 19.2. The number of thioether (sulfide) groups is 1. The van der Waals surface area contributed by atoms with Gasteiger partial charge in [0.25, 0.3) is 0 Å². The Balaban J connectivity index is 2.38. The molecule has 0 aliphatic carbocycles. The van der Waals surface area contributed by atoms with Crippen molar-refractivity contribution < 1.29 is 24.2 Å². The lowest BCUT2D eigenvalue weighted by Gasteiger charge is -2.28. The zero-order valence-corrected chi connectivity index (χ0v) is 17.8. The third-order valence-corrected chi connectivity index (χ3v) is 6.50. The van der Waals surface area contributed by atoms with E-state index in [0.717, 1.165) is 32.1 Å². The first-order chi connectivity index (χ1) is 12.8. The average molecular weight is 402 g/mol. The van der Waals surface area contributed by atoms with Gasteiger partial charge in [-0.15, -0.1) is 11.8 Å². The average Bonchev–Trinajstić information content (AvgIpc) is 2.97. The Labute approximate surface area is 167 Å². The van der Waals surface area contributed by atoms with Crippen molar-refractivity contribution in [3.8, 4) is 0 Å². The molecular formula is C20H35NO5S. The number of amides is 1. The molecule has 1 amide bonds. The molecule has 1 aliphatic heterocycles. The van der Waals surface area contributed by atoms with Crippen molar-refractivity contribution in [3.05, 3.63) is 0 Å². The number of ether oxygens (including phenoxy) is 1. The summed E-state index contributed by atoms with van der Waals surface area (Å²) in [5.74, 6) is 0.342. The van der Waals surface area contributed by atoms with Gasteiger partial charge in [-0.3, -0.25) is 14.4 Å². The summed E-state index contributed by atoms with van der Waals surface area (Å²) in [6, 6.07) is 0. The number of ketones is 1. The monoisotopic (exact) mass is 401 g/mol. The molecule has 1 heterocycles. The second-order valence-electron chi connectivity index (χ2n) is 7.60. The van der Waals surface area contributed by atoms with Gasteiger partial charge in [0, 0.05) is 25.0 Å². The number of esters is 1. The van der Waals surface area contributed by atoms with Crippen LogP contribution < -0.4 is 0 Å². The molecule has 2 atom stereocenters. The number of aliphatic hydroxyl groups is 1. The lowest BCUT2D eigenvalue weighted by molar-refractivity contribution is -0.140. The summed E-state index contributed by atoms with van der Waals surface area (Å²) in [6.07, 6.45) is 7.11. The molecule has 0 spiro atoms. The van der Waals surface area contributed by atoms with Crippen molar-refractivity contribution in [1.29, 1.82) is 0 Å². The van der Waals surface area contributed by atoms with E-state index < -0.39 is 5.60 Å². The third kappa shape index (κ3) is 9.60. The predicted octanol–water partition coefficient (Wildman–Crippen LogP) is 3.30. The molecule has 0 aromatic heterocycles. The SMILES string of the molecule is CCCCCC(C)(O)CSC1CCC(=O)N1CC(=O)CCCCC(=O)OC. The minimum absolute atomic E-state index is 0.0148. The molecule has 0 radical (unpaired) electrons. The molecule has 0 saturated carbocycles. The number of likely N-dealkylation sites (tertiary alicyclic amines) is 1. The van der Waals surface area contributed by atoms with Gasteiger partial charge in [0.15, 0.2) is 5.78 Å². The van der Waals surface area contributed by atoms with Crippen LogP contribution in [0.15, 0.2) is 0 Å². The van der Waals surface area contributed by atoms with E-state index in [9.17, 15) is 19.5 Å². The fourth-order valence-corrected chi connectivity index (χ4v) is 4.49. The van der Waals surface area contributed by atoms with Crippen LogP contribution in [-0.2, 0) is 19.1 Å². The summed E-state index contributed by atoms with van der Waals surface area (Å²) in [5, 5.41) is 10.5. The minimum Gasteiger partial charge on any atom is -0.469 e. The quantitative estimate of drug-likeness (QED) is 0.355. The van der Waals surface area contributed by atoms with Crippen LogP contribution in [0.5, 0.6) is 0 Å². The summed E-state index contributed by atoms with van der Waals surface area (Å²) >= 11 is 1.58. The Morgan fingerprint density at radius 1 is 1.26 bits per heavy atom. The van der Waals surface area contributed by atoms with Crippen molar-refractivity contribution in [2.45, 2.75) is 89.0 Å². The van der Waals surface area contributed by atoms with Crippen molar-refractivity contribution in [1.82, 2.24) is 4.90 Å². The van der Waals surface area contributed by atoms with E-state index in [0.29, 0.717) is 37.9 Å². The number of carbonyl (C=O) groups is 3. The lowest BCUT2D eigenvalue weighted by Crippen LogP contribution is -2.37. The highest BCUT2D eigenvalue weighted by Gasteiger charge is 2.34. The number of nitrogens with zero attached hydrogens (tertiary/aromatic N) is 1. The van der Waals surface area contributed by atoms with Gasteiger partial charge in [-0.2, -0.15) is 0 Å². The van der Waals surface area contributed by atoms with Crippen LogP contribution in [0.4, 0.5) is 0 Å². The van der Waals surface area contributed by atoms with E-state index in [2.05, 4.69) is 11.7 Å². The van der Waals surface area contributed by atoms with Crippen LogP contribution in [0.3, 0.4) is 0 Å². The zero-order valence-electron chi connectivity index (χ0n) is 17.0. The summed E-state index contributed by atoms with van der Waals surface area (Å²) < 4.78 is 4.58. The number of rotatable bonds is 14. The molecule has 0 bridgehead atoms. The second kappa shape index (κ2) is 12.4. The van der Waals surface area contributed by atoms with Gasteiger partial charge in [-0.25, -0.2) is 0 Å². The molecule has 156 valence electrons. The number of hydrogen-bond acceptors (Lipinski definition) is 6. The first-order valence-corrected chi connectivity index (χ1v) is 11.1. The van der Waals surface area contributed by atoms with Gasteiger partial charge in [0.1, 0.15) is 0 Å². The summed E-state index contributed by atoms with van der Waals surface area (Å²) in [7, 11) is 1.35. The van der Waals surface area contributed by atoms with E-state index in [4.69, 9.17) is 0 Å². The van der Waals surface area contributed by atoms with E-state index in [1.165, 1.54) is 7.11 Å². The van der Waals surface area contributed by atoms with Gasteiger partial charge >= 0.3 is 5.97 Å². The van der Waals surface area contributed by atoms with Gasteiger partial charge in [0.2, 0.25) is 5.91 Å². The van der Waals surface area contributed by atoms with E-state index in [1.807, 2.05) is 6.92 Å². The molecule has 27 heavy (non-hydrogen) atoms. The van der Waals surface area contributed by atoms with Gasteiger partial charge in [-0.05, 0) is 32.6 Å². The lowest BCUT2D eigenvalue weighted by atomic mass is 10.0. The van der Waals surface area contributed by atoms with Crippen molar-refractivity contribution in [2.75, 3.05) is 19.4 Å². The Morgan fingerprint density at radius 2 is 1.96 bits per heavy atom. The maximum atomic E-state index is 12.2. The standard InChI is InChI=1S/C20H35NO5S/c1-4-5-8-13-20(2,25)15-27-18-12-11-17(23)21(18)14-16(22)9-6-7-10-19(24)26-3/h18,25H,4-15H2,1-3H3. The summed E-state index contributed by atoms with van der Waals surface area (Å²) in [6.45, 7) is 4.12. The second-order valence-corrected chi connectivity index (χ2v) is 8.77. The molecule has 1 rings (SSSR count). The number of carbonyl (C=O) groups excluding carboxylic acids is 3. The topological polar surface area (TPSA) is 83.9 Å². The maximum Gasteiger partial charge on any atom is 0.305 e. The molecule has 1 saturated heterocycles. The highest BCUT2D eigenvalue weighted by Crippen LogP contribution is 2.31. The fraction of sp³-hybridized carbons (Fsp3) is 0.850. The minimum atomic E-state index is -0.741. The Morgan fingerprint density at radius 3 is 2.63 bits per heavy atom. The van der Waals surface area contributed by atoms with Crippen molar-refractivity contribution in [3.63, 3.8) is 0 Å². The van der Waals surface area contributed by atoms with Crippen LogP contribution >= 0.6 is 11.8 Å². The van der Waals surface area contributed by atoms with Gasteiger partial charge in [0.05, 0.1) is 24.6 Å². The molecule has 1 N–H and O–H groups in total. The van der Waals surface area contributed by atoms with Crippen LogP contribution in [-0.4, -0.2) is 58.0 Å². The fourth-order valence-electron chi connectivity index (χ4n) is 3.14. The van der Waals surface area contributed by atoms with Crippen LogP contribution in [0.1, 0.15) is 78.1 Å². The molecule has 0 aromatic rings. The molecule has 1 fully saturated rings. The van der Waals surface area contributed by atoms with Crippen molar-refractivity contribution in [2.24, 2.45) is 0 Å². The van der Waals surface area contributed by atoms with Crippen LogP contribution in [0, 0.1) is 0 Å². The smallest absolute Gasteiger partial charge is 0.305 e. The van der Waals surface area contributed by atoms with Crippen LogP contribution in [0.2, 0.25) is 0 Å². The largest absolute Gasteiger partial charge is 0.469 e. The highest BCUT2D eigenvalue weighted by molar-refractivity contribution is 7.99. The summed E-state index contributed by atoms with van der Waals surface area (Å²) in [4.78, 5) is 37.1. The zero-order chi connectivity index (χ0) is 20.3. The highest BCUT2D eigenvalue weighted by atomic mass is 32.2. The molecule has 0 aromatic carbocycles. The molecule has 2 unspecified atom stereocenters. The van der Waals surface area contributed by atoms with Gasteiger partial charge in [-0.1, -0.05) is 26.2 Å². The molecule has 7 heteroatoms. The summed E-state index contributed by atoms with van der Waals surface area (Å²) in [5.41, 5.74) is -0.741. The van der Waals surface area contributed by atoms with E-state index in [1.54, 1.807) is 16.7 Å². The van der Waals surface area contributed by atoms with Crippen LogP contribution in [0.25, 0.3) is 0 Å².